The molecular formula is C28H25NO3. The fourth-order valence-electron chi connectivity index (χ4n) is 4.51. The van der Waals surface area contributed by atoms with Crippen molar-refractivity contribution in [3.8, 4) is 16.9 Å². The first-order valence-corrected chi connectivity index (χ1v) is 11.0. The van der Waals surface area contributed by atoms with Crippen LogP contribution in [0.2, 0.25) is 0 Å². The second kappa shape index (κ2) is 8.46. The lowest BCUT2D eigenvalue weighted by atomic mass is 9.95. The smallest absolute Gasteiger partial charge is 0.306 e. The van der Waals surface area contributed by atoms with Crippen LogP contribution in [-0.2, 0) is 24.1 Å². The topological polar surface area (TPSA) is 59.4 Å². The van der Waals surface area contributed by atoms with Crippen molar-refractivity contribution >= 4 is 16.7 Å². The standard InChI is InChI=1S/C28H25NO3/c1-18(28(30)31)12-19-6-9-27(32-25-15-20-4-2-3-5-21(20)16-25)26(13-19)23-7-8-24-17-29-11-10-22(24)14-23/h2-11,13-14,17-18,25H,12,15-16H2,1H3,(H,30,31). The molecule has 1 heterocycles. The van der Waals surface area contributed by atoms with Gasteiger partial charge in [0.15, 0.2) is 0 Å². The molecule has 32 heavy (non-hydrogen) atoms. The van der Waals surface area contributed by atoms with Gasteiger partial charge in [-0.15, -0.1) is 0 Å². The summed E-state index contributed by atoms with van der Waals surface area (Å²) >= 11 is 0. The predicted molar refractivity (Wildman–Crippen MR) is 126 cm³/mol. The highest BCUT2D eigenvalue weighted by Crippen LogP contribution is 2.36. The van der Waals surface area contributed by atoms with Crippen LogP contribution in [0, 0.1) is 5.92 Å². The first-order valence-electron chi connectivity index (χ1n) is 11.0. The minimum atomic E-state index is -0.784. The summed E-state index contributed by atoms with van der Waals surface area (Å²) in [5.74, 6) is -0.390. The van der Waals surface area contributed by atoms with Gasteiger partial charge in [-0.05, 0) is 58.3 Å². The summed E-state index contributed by atoms with van der Waals surface area (Å²) in [6.45, 7) is 1.74. The van der Waals surface area contributed by atoms with Crippen LogP contribution in [0.25, 0.3) is 21.9 Å². The molecule has 1 aliphatic carbocycles. The van der Waals surface area contributed by atoms with Crippen molar-refractivity contribution in [1.29, 1.82) is 0 Å². The Morgan fingerprint density at radius 2 is 1.81 bits per heavy atom. The fraction of sp³-hybridized carbons (Fsp3) is 0.214. The van der Waals surface area contributed by atoms with Crippen LogP contribution < -0.4 is 4.74 Å². The number of aromatic nitrogens is 1. The lowest BCUT2D eigenvalue weighted by Gasteiger charge is -2.19. The summed E-state index contributed by atoms with van der Waals surface area (Å²) in [6.07, 6.45) is 6.03. The first-order chi connectivity index (χ1) is 15.6. The van der Waals surface area contributed by atoms with E-state index >= 15 is 0 Å². The molecule has 0 spiro atoms. The van der Waals surface area contributed by atoms with Crippen LogP contribution in [0.15, 0.2) is 79.1 Å². The van der Waals surface area contributed by atoms with Crippen molar-refractivity contribution in [1.82, 2.24) is 4.98 Å². The molecule has 4 nitrogen and oxygen atoms in total. The van der Waals surface area contributed by atoms with Gasteiger partial charge in [-0.25, -0.2) is 0 Å². The summed E-state index contributed by atoms with van der Waals surface area (Å²) in [4.78, 5) is 15.6. The maximum absolute atomic E-state index is 11.4. The zero-order valence-corrected chi connectivity index (χ0v) is 18.0. The molecule has 0 amide bonds. The van der Waals surface area contributed by atoms with Crippen LogP contribution in [0.3, 0.4) is 0 Å². The van der Waals surface area contributed by atoms with Crippen LogP contribution in [0.4, 0.5) is 0 Å². The van der Waals surface area contributed by atoms with E-state index in [4.69, 9.17) is 4.74 Å². The molecule has 160 valence electrons. The Morgan fingerprint density at radius 1 is 1.03 bits per heavy atom. The van der Waals surface area contributed by atoms with Crippen molar-refractivity contribution in [2.75, 3.05) is 0 Å². The van der Waals surface area contributed by atoms with E-state index in [1.807, 2.05) is 24.4 Å². The van der Waals surface area contributed by atoms with E-state index in [0.29, 0.717) is 6.42 Å². The summed E-state index contributed by atoms with van der Waals surface area (Å²) < 4.78 is 6.53. The lowest BCUT2D eigenvalue weighted by molar-refractivity contribution is -0.141. The quantitative estimate of drug-likeness (QED) is 0.431. The Bertz CT molecular complexity index is 1270. The van der Waals surface area contributed by atoms with Crippen LogP contribution in [0.5, 0.6) is 5.75 Å². The minimum Gasteiger partial charge on any atom is -0.489 e. The number of rotatable bonds is 6. The number of carbonyl (C=O) groups is 1. The molecule has 0 saturated heterocycles. The van der Waals surface area contributed by atoms with Gasteiger partial charge in [0, 0.05) is 36.2 Å². The van der Waals surface area contributed by atoms with Gasteiger partial charge in [0.1, 0.15) is 11.9 Å². The third-order valence-electron chi connectivity index (χ3n) is 6.27. The molecule has 0 radical (unpaired) electrons. The van der Waals surface area contributed by atoms with E-state index in [9.17, 15) is 9.90 Å². The van der Waals surface area contributed by atoms with Gasteiger partial charge in [0.25, 0.3) is 0 Å². The molecule has 1 N–H and O–H groups in total. The number of hydrogen-bond acceptors (Lipinski definition) is 3. The molecule has 4 aromatic rings. The predicted octanol–water partition coefficient (Wildman–Crippen LogP) is 5.71. The van der Waals surface area contributed by atoms with Crippen molar-refractivity contribution in [2.24, 2.45) is 5.92 Å². The molecule has 1 aliphatic rings. The Morgan fingerprint density at radius 3 is 2.56 bits per heavy atom. The second-order valence-corrected chi connectivity index (χ2v) is 8.63. The van der Waals surface area contributed by atoms with Gasteiger partial charge in [0.2, 0.25) is 0 Å². The van der Waals surface area contributed by atoms with Gasteiger partial charge in [-0.1, -0.05) is 49.4 Å². The van der Waals surface area contributed by atoms with Gasteiger partial charge in [0.05, 0.1) is 5.92 Å². The summed E-state index contributed by atoms with van der Waals surface area (Å²) in [6, 6.07) is 22.9. The van der Waals surface area contributed by atoms with Crippen LogP contribution in [-0.4, -0.2) is 22.2 Å². The average molecular weight is 424 g/mol. The molecule has 3 aromatic carbocycles. The molecule has 1 atom stereocenters. The van der Waals surface area contributed by atoms with Crippen molar-refractivity contribution in [3.63, 3.8) is 0 Å². The van der Waals surface area contributed by atoms with Crippen molar-refractivity contribution in [3.05, 3.63) is 95.8 Å². The van der Waals surface area contributed by atoms with E-state index in [0.717, 1.165) is 46.1 Å². The third kappa shape index (κ3) is 4.09. The molecule has 1 unspecified atom stereocenters. The highest BCUT2D eigenvalue weighted by atomic mass is 16.5. The van der Waals surface area contributed by atoms with Crippen molar-refractivity contribution < 1.29 is 14.6 Å². The molecular weight excluding hydrogens is 398 g/mol. The Hall–Kier alpha value is -3.66. The number of carboxylic acids is 1. The Balaban J connectivity index is 1.51. The van der Waals surface area contributed by atoms with Gasteiger partial charge >= 0.3 is 5.97 Å². The number of ether oxygens (including phenoxy) is 1. The number of aliphatic carboxylic acids is 1. The zero-order chi connectivity index (χ0) is 22.1. The summed E-state index contributed by atoms with van der Waals surface area (Å²) in [7, 11) is 0. The summed E-state index contributed by atoms with van der Waals surface area (Å²) in [5, 5.41) is 11.5. The maximum Gasteiger partial charge on any atom is 0.306 e. The van der Waals surface area contributed by atoms with Crippen LogP contribution >= 0.6 is 0 Å². The lowest BCUT2D eigenvalue weighted by Crippen LogP contribution is -2.17. The molecule has 0 saturated carbocycles. The average Bonchev–Trinajstić information content (AvgIpc) is 3.22. The number of fused-ring (bicyclic) bond motifs is 2. The largest absolute Gasteiger partial charge is 0.489 e. The minimum absolute atomic E-state index is 0.0969. The maximum atomic E-state index is 11.4. The van der Waals surface area contributed by atoms with Crippen molar-refractivity contribution in [2.45, 2.75) is 32.3 Å². The number of benzene rings is 3. The number of pyridine rings is 1. The highest BCUT2D eigenvalue weighted by molar-refractivity contribution is 5.87. The SMILES string of the molecule is CC(Cc1ccc(OC2Cc3ccccc3C2)c(-c2ccc3cnccc3c2)c1)C(=O)O. The van der Waals surface area contributed by atoms with Gasteiger partial charge in [-0.3, -0.25) is 9.78 Å². The van der Waals surface area contributed by atoms with Crippen LogP contribution in [0.1, 0.15) is 23.6 Å². The highest BCUT2D eigenvalue weighted by Gasteiger charge is 2.24. The molecule has 4 heteroatoms. The van der Waals surface area contributed by atoms with E-state index < -0.39 is 11.9 Å². The third-order valence-corrected chi connectivity index (χ3v) is 6.27. The molecule has 1 aromatic heterocycles. The number of nitrogens with zero attached hydrogens (tertiary/aromatic N) is 1. The molecule has 5 rings (SSSR count). The second-order valence-electron chi connectivity index (χ2n) is 8.63. The first kappa shape index (κ1) is 20.3. The summed E-state index contributed by atoms with van der Waals surface area (Å²) in [5.41, 5.74) is 5.74. The Labute approximate surface area is 187 Å². The molecule has 0 fully saturated rings. The monoisotopic (exact) mass is 423 g/mol. The van der Waals surface area contributed by atoms with Gasteiger partial charge in [-0.2, -0.15) is 0 Å². The number of hydrogen-bond donors (Lipinski definition) is 1. The number of carboxylic acid groups (broad SMARTS) is 1. The fourth-order valence-corrected chi connectivity index (χ4v) is 4.51. The van der Waals surface area contributed by atoms with E-state index in [-0.39, 0.29) is 6.10 Å². The van der Waals surface area contributed by atoms with Gasteiger partial charge < -0.3 is 9.84 Å². The van der Waals surface area contributed by atoms with E-state index in [1.54, 1.807) is 13.1 Å². The van der Waals surface area contributed by atoms with E-state index in [1.165, 1.54) is 11.1 Å². The normalized spacial score (nSPS) is 14.3. The van der Waals surface area contributed by atoms with E-state index in [2.05, 4.69) is 53.5 Å². The molecule has 0 aliphatic heterocycles. The molecule has 0 bridgehead atoms. The zero-order valence-electron chi connectivity index (χ0n) is 18.0. The Kier molecular flexibility index (Phi) is 5.36.